The lowest BCUT2D eigenvalue weighted by atomic mass is 10.1. The first-order valence-corrected chi connectivity index (χ1v) is 7.87. The number of anilines is 1. The quantitative estimate of drug-likeness (QED) is 0.844. The summed E-state index contributed by atoms with van der Waals surface area (Å²) in [5.74, 6) is 0.0960. The minimum absolute atomic E-state index is 0.0960. The SMILES string of the molecule is CC(C)N(CCNC(=O)[C@@H]1Cc2ccccc2N1)C(C)C. The van der Waals surface area contributed by atoms with E-state index in [1.54, 1.807) is 0 Å². The Morgan fingerprint density at radius 2 is 1.95 bits per heavy atom. The minimum atomic E-state index is -0.131. The monoisotopic (exact) mass is 289 g/mol. The van der Waals surface area contributed by atoms with Crippen LogP contribution in [0.5, 0.6) is 0 Å². The first kappa shape index (κ1) is 15.8. The van der Waals surface area contributed by atoms with E-state index >= 15 is 0 Å². The van der Waals surface area contributed by atoms with Crippen LogP contribution in [0.2, 0.25) is 0 Å². The fourth-order valence-corrected chi connectivity index (χ4v) is 3.00. The average Bonchev–Trinajstić information content (AvgIpc) is 2.86. The smallest absolute Gasteiger partial charge is 0.242 e. The lowest BCUT2D eigenvalue weighted by Crippen LogP contribution is -2.45. The van der Waals surface area contributed by atoms with E-state index in [0.717, 1.165) is 18.7 Å². The maximum absolute atomic E-state index is 12.2. The van der Waals surface area contributed by atoms with Crippen molar-refractivity contribution in [2.24, 2.45) is 0 Å². The van der Waals surface area contributed by atoms with Gasteiger partial charge in [0.15, 0.2) is 0 Å². The van der Waals surface area contributed by atoms with Crippen LogP contribution in [0.15, 0.2) is 24.3 Å². The van der Waals surface area contributed by atoms with Crippen LogP contribution in [0, 0.1) is 0 Å². The number of nitrogens with one attached hydrogen (secondary N) is 2. The molecule has 21 heavy (non-hydrogen) atoms. The molecular weight excluding hydrogens is 262 g/mol. The summed E-state index contributed by atoms with van der Waals surface area (Å²) < 4.78 is 0. The number of fused-ring (bicyclic) bond motifs is 1. The van der Waals surface area contributed by atoms with Crippen LogP contribution in [-0.2, 0) is 11.2 Å². The van der Waals surface area contributed by atoms with E-state index in [2.05, 4.69) is 49.3 Å². The Kier molecular flexibility index (Phi) is 5.23. The highest BCUT2D eigenvalue weighted by atomic mass is 16.2. The van der Waals surface area contributed by atoms with Crippen molar-refractivity contribution < 1.29 is 4.79 Å². The zero-order chi connectivity index (χ0) is 15.4. The topological polar surface area (TPSA) is 44.4 Å². The molecule has 4 nitrogen and oxygen atoms in total. The molecule has 2 rings (SSSR count). The van der Waals surface area contributed by atoms with Gasteiger partial charge in [-0.05, 0) is 39.3 Å². The van der Waals surface area contributed by atoms with Crippen molar-refractivity contribution in [2.75, 3.05) is 18.4 Å². The summed E-state index contributed by atoms with van der Waals surface area (Å²) in [6.45, 7) is 10.4. The summed E-state index contributed by atoms with van der Waals surface area (Å²) in [4.78, 5) is 14.6. The van der Waals surface area contributed by atoms with Gasteiger partial charge in [-0.25, -0.2) is 0 Å². The number of amides is 1. The van der Waals surface area contributed by atoms with Gasteiger partial charge in [-0.1, -0.05) is 18.2 Å². The number of hydrogen-bond donors (Lipinski definition) is 2. The van der Waals surface area contributed by atoms with Gasteiger partial charge in [0.2, 0.25) is 5.91 Å². The van der Waals surface area contributed by atoms with Gasteiger partial charge in [-0.3, -0.25) is 9.69 Å². The van der Waals surface area contributed by atoms with Crippen LogP contribution in [0.3, 0.4) is 0 Å². The molecule has 1 heterocycles. The third-order valence-electron chi connectivity index (χ3n) is 4.08. The number of hydrogen-bond acceptors (Lipinski definition) is 3. The summed E-state index contributed by atoms with van der Waals surface area (Å²) in [6, 6.07) is 8.98. The van der Waals surface area contributed by atoms with E-state index in [9.17, 15) is 4.79 Å². The molecule has 0 spiro atoms. The molecular formula is C17H27N3O. The number of carbonyl (C=O) groups excluding carboxylic acids is 1. The van der Waals surface area contributed by atoms with E-state index < -0.39 is 0 Å². The molecule has 0 aromatic heterocycles. The second-order valence-electron chi connectivity index (χ2n) is 6.27. The molecule has 0 aliphatic carbocycles. The number of carbonyl (C=O) groups is 1. The zero-order valence-corrected chi connectivity index (χ0v) is 13.5. The highest BCUT2D eigenvalue weighted by Gasteiger charge is 2.26. The predicted octanol–water partition coefficient (Wildman–Crippen LogP) is 2.26. The highest BCUT2D eigenvalue weighted by molar-refractivity contribution is 5.87. The van der Waals surface area contributed by atoms with Gasteiger partial charge >= 0.3 is 0 Å². The second-order valence-corrected chi connectivity index (χ2v) is 6.27. The maximum atomic E-state index is 12.2. The third kappa shape index (κ3) is 3.97. The molecule has 0 saturated carbocycles. The van der Waals surface area contributed by atoms with Gasteiger partial charge in [0.25, 0.3) is 0 Å². The molecule has 0 unspecified atom stereocenters. The van der Waals surface area contributed by atoms with Gasteiger partial charge in [-0.15, -0.1) is 0 Å². The number of rotatable bonds is 6. The molecule has 1 amide bonds. The van der Waals surface area contributed by atoms with Crippen molar-refractivity contribution in [1.82, 2.24) is 10.2 Å². The normalized spacial score (nSPS) is 17.2. The van der Waals surface area contributed by atoms with Crippen LogP contribution < -0.4 is 10.6 Å². The van der Waals surface area contributed by atoms with Crippen molar-refractivity contribution in [3.05, 3.63) is 29.8 Å². The molecule has 0 radical (unpaired) electrons. The number of para-hydroxylation sites is 1. The molecule has 4 heteroatoms. The number of benzene rings is 1. The fraction of sp³-hybridized carbons (Fsp3) is 0.588. The van der Waals surface area contributed by atoms with Crippen molar-refractivity contribution >= 4 is 11.6 Å². The van der Waals surface area contributed by atoms with Crippen molar-refractivity contribution in [3.63, 3.8) is 0 Å². The molecule has 0 bridgehead atoms. The Hall–Kier alpha value is -1.55. The molecule has 2 N–H and O–H groups in total. The lowest BCUT2D eigenvalue weighted by Gasteiger charge is -2.30. The first-order chi connectivity index (χ1) is 9.99. The molecule has 0 fully saturated rings. The molecule has 0 saturated heterocycles. The van der Waals surface area contributed by atoms with Crippen LogP contribution in [0.4, 0.5) is 5.69 Å². The van der Waals surface area contributed by atoms with Crippen molar-refractivity contribution in [3.8, 4) is 0 Å². The molecule has 1 aliphatic heterocycles. The zero-order valence-electron chi connectivity index (χ0n) is 13.5. The van der Waals surface area contributed by atoms with Crippen LogP contribution in [0.1, 0.15) is 33.3 Å². The summed E-state index contributed by atoms with van der Waals surface area (Å²) in [7, 11) is 0. The van der Waals surface area contributed by atoms with Gasteiger partial charge in [-0.2, -0.15) is 0 Å². The Labute approximate surface area is 127 Å². The fourth-order valence-electron chi connectivity index (χ4n) is 3.00. The Bertz CT molecular complexity index is 452. The van der Waals surface area contributed by atoms with Gasteiger partial charge in [0.1, 0.15) is 6.04 Å². The standard InChI is InChI=1S/C17H27N3O/c1-12(2)20(13(3)4)10-9-18-17(21)16-11-14-7-5-6-8-15(14)19-16/h5-8,12-13,16,19H,9-11H2,1-4H3,(H,18,21)/t16-/m0/s1. The molecule has 1 aromatic rings. The molecule has 1 aromatic carbocycles. The van der Waals surface area contributed by atoms with E-state index in [-0.39, 0.29) is 11.9 Å². The van der Waals surface area contributed by atoms with E-state index in [0.29, 0.717) is 18.6 Å². The largest absolute Gasteiger partial charge is 0.373 e. The van der Waals surface area contributed by atoms with Crippen LogP contribution in [0.25, 0.3) is 0 Å². The van der Waals surface area contributed by atoms with E-state index in [4.69, 9.17) is 0 Å². The lowest BCUT2D eigenvalue weighted by molar-refractivity contribution is -0.121. The summed E-state index contributed by atoms with van der Waals surface area (Å²) in [5, 5.41) is 6.35. The van der Waals surface area contributed by atoms with Crippen LogP contribution in [-0.4, -0.2) is 42.0 Å². The Morgan fingerprint density at radius 3 is 2.57 bits per heavy atom. The van der Waals surface area contributed by atoms with Crippen molar-refractivity contribution in [2.45, 2.75) is 52.2 Å². The Balaban J connectivity index is 1.79. The summed E-state index contributed by atoms with van der Waals surface area (Å²) in [5.41, 5.74) is 2.31. The Morgan fingerprint density at radius 1 is 1.29 bits per heavy atom. The highest BCUT2D eigenvalue weighted by Crippen LogP contribution is 2.24. The van der Waals surface area contributed by atoms with E-state index in [1.807, 2.05) is 18.2 Å². The maximum Gasteiger partial charge on any atom is 0.242 e. The minimum Gasteiger partial charge on any atom is -0.373 e. The average molecular weight is 289 g/mol. The van der Waals surface area contributed by atoms with E-state index in [1.165, 1.54) is 5.56 Å². The second kappa shape index (κ2) is 6.94. The van der Waals surface area contributed by atoms with Gasteiger partial charge in [0.05, 0.1) is 0 Å². The summed E-state index contributed by atoms with van der Waals surface area (Å²) >= 11 is 0. The van der Waals surface area contributed by atoms with Crippen LogP contribution >= 0.6 is 0 Å². The first-order valence-electron chi connectivity index (χ1n) is 7.87. The van der Waals surface area contributed by atoms with Gasteiger partial charge in [0, 0.05) is 37.3 Å². The van der Waals surface area contributed by atoms with Crippen molar-refractivity contribution in [1.29, 1.82) is 0 Å². The molecule has 116 valence electrons. The number of nitrogens with zero attached hydrogens (tertiary/aromatic N) is 1. The molecule has 1 aliphatic rings. The summed E-state index contributed by atoms with van der Waals surface area (Å²) in [6.07, 6.45) is 0.778. The predicted molar refractivity (Wildman–Crippen MR) is 87.5 cm³/mol. The third-order valence-corrected chi connectivity index (χ3v) is 4.08. The van der Waals surface area contributed by atoms with Gasteiger partial charge < -0.3 is 10.6 Å². The molecule has 1 atom stereocenters.